The molecular weight excluding hydrogens is 303 g/mol. The zero-order valence-electron chi connectivity index (χ0n) is 12.0. The number of sulfonamides is 1. The van der Waals surface area contributed by atoms with E-state index in [-0.39, 0.29) is 17.1 Å². The van der Waals surface area contributed by atoms with Crippen molar-refractivity contribution in [3.05, 3.63) is 28.5 Å². The molecule has 20 heavy (non-hydrogen) atoms. The lowest BCUT2D eigenvalue weighted by atomic mass is 10.1. The maximum absolute atomic E-state index is 14.3. The van der Waals surface area contributed by atoms with Gasteiger partial charge in [-0.05, 0) is 39.4 Å². The molecule has 0 aromatic heterocycles. The molecule has 4 nitrogen and oxygen atoms in total. The molecule has 1 aromatic carbocycles. The van der Waals surface area contributed by atoms with Crippen LogP contribution in [0.1, 0.15) is 33.3 Å². The third-order valence-electron chi connectivity index (χ3n) is 2.37. The second-order valence-corrected chi connectivity index (χ2v) is 7.60. The van der Waals surface area contributed by atoms with E-state index in [1.807, 2.05) is 6.92 Å². The predicted octanol–water partition coefficient (Wildman–Crippen LogP) is 2.67. The van der Waals surface area contributed by atoms with Crippen LogP contribution in [-0.2, 0) is 16.6 Å². The molecule has 0 aliphatic heterocycles. The summed E-state index contributed by atoms with van der Waals surface area (Å²) in [5.74, 6) is -0.771. The van der Waals surface area contributed by atoms with Crippen molar-refractivity contribution in [3.63, 3.8) is 0 Å². The fourth-order valence-corrected chi connectivity index (χ4v) is 3.53. The molecule has 0 unspecified atom stereocenters. The SMILES string of the molecule is CCNCc1cc(Cl)cc(S(=O)(=O)NC(C)(C)C)c1F. The number of hydrogen-bond donors (Lipinski definition) is 2. The van der Waals surface area contributed by atoms with Crippen molar-refractivity contribution >= 4 is 21.6 Å². The van der Waals surface area contributed by atoms with Gasteiger partial charge in [-0.1, -0.05) is 18.5 Å². The molecule has 0 radical (unpaired) electrons. The Kier molecular flexibility index (Phi) is 5.54. The summed E-state index contributed by atoms with van der Waals surface area (Å²) in [7, 11) is -3.96. The minimum Gasteiger partial charge on any atom is -0.313 e. The molecule has 2 N–H and O–H groups in total. The van der Waals surface area contributed by atoms with Crippen LogP contribution in [0.3, 0.4) is 0 Å². The van der Waals surface area contributed by atoms with Crippen molar-refractivity contribution in [2.75, 3.05) is 6.54 Å². The van der Waals surface area contributed by atoms with E-state index >= 15 is 0 Å². The van der Waals surface area contributed by atoms with E-state index in [0.29, 0.717) is 6.54 Å². The first-order chi connectivity index (χ1) is 9.07. The molecule has 0 saturated carbocycles. The number of halogens is 2. The lowest BCUT2D eigenvalue weighted by Gasteiger charge is -2.21. The Labute approximate surface area is 124 Å². The fourth-order valence-electron chi connectivity index (χ4n) is 1.66. The summed E-state index contributed by atoms with van der Waals surface area (Å²) in [6.45, 7) is 7.81. The second-order valence-electron chi connectivity index (χ2n) is 5.51. The first-order valence-corrected chi connectivity index (χ1v) is 8.15. The summed E-state index contributed by atoms with van der Waals surface area (Å²) in [6.07, 6.45) is 0. The summed E-state index contributed by atoms with van der Waals surface area (Å²) >= 11 is 5.89. The van der Waals surface area contributed by atoms with Crippen molar-refractivity contribution < 1.29 is 12.8 Å². The molecule has 0 aliphatic rings. The van der Waals surface area contributed by atoms with E-state index in [2.05, 4.69) is 10.0 Å². The van der Waals surface area contributed by atoms with Crippen molar-refractivity contribution in [2.24, 2.45) is 0 Å². The Bertz CT molecular complexity index is 583. The Morgan fingerprint density at radius 1 is 1.30 bits per heavy atom. The Morgan fingerprint density at radius 2 is 1.90 bits per heavy atom. The lowest BCUT2D eigenvalue weighted by Crippen LogP contribution is -2.40. The van der Waals surface area contributed by atoms with E-state index in [4.69, 9.17) is 11.6 Å². The molecule has 0 fully saturated rings. The maximum Gasteiger partial charge on any atom is 0.244 e. The van der Waals surface area contributed by atoms with Gasteiger partial charge in [-0.3, -0.25) is 0 Å². The molecule has 0 spiro atoms. The molecule has 0 heterocycles. The van der Waals surface area contributed by atoms with Gasteiger partial charge in [0.2, 0.25) is 10.0 Å². The lowest BCUT2D eigenvalue weighted by molar-refractivity contribution is 0.484. The van der Waals surface area contributed by atoms with Crippen molar-refractivity contribution in [3.8, 4) is 0 Å². The van der Waals surface area contributed by atoms with Crippen LogP contribution in [0.4, 0.5) is 4.39 Å². The molecular formula is C13H20ClFN2O2S. The van der Waals surface area contributed by atoms with Crippen LogP contribution in [0.15, 0.2) is 17.0 Å². The van der Waals surface area contributed by atoms with Crippen LogP contribution in [0, 0.1) is 5.82 Å². The molecule has 0 atom stereocenters. The van der Waals surface area contributed by atoms with Gasteiger partial charge in [0.1, 0.15) is 10.7 Å². The number of nitrogens with one attached hydrogen (secondary N) is 2. The number of rotatable bonds is 5. The Hall–Kier alpha value is -0.690. The molecule has 114 valence electrons. The normalized spacial score (nSPS) is 12.7. The van der Waals surface area contributed by atoms with Crippen molar-refractivity contribution in [1.82, 2.24) is 10.0 Å². The van der Waals surface area contributed by atoms with Crippen LogP contribution in [-0.4, -0.2) is 20.5 Å². The highest BCUT2D eigenvalue weighted by Gasteiger charge is 2.26. The number of hydrogen-bond acceptors (Lipinski definition) is 3. The molecule has 1 aromatic rings. The smallest absolute Gasteiger partial charge is 0.244 e. The first-order valence-electron chi connectivity index (χ1n) is 6.29. The van der Waals surface area contributed by atoms with Gasteiger partial charge in [-0.15, -0.1) is 0 Å². The summed E-state index contributed by atoms with van der Waals surface area (Å²) in [5, 5.41) is 3.13. The summed E-state index contributed by atoms with van der Waals surface area (Å²) in [5.41, 5.74) is -0.469. The minimum atomic E-state index is -3.96. The van der Waals surface area contributed by atoms with Crippen LogP contribution < -0.4 is 10.0 Å². The molecule has 0 amide bonds. The van der Waals surface area contributed by atoms with Gasteiger partial charge in [-0.25, -0.2) is 17.5 Å². The molecule has 0 bridgehead atoms. The van der Waals surface area contributed by atoms with Gasteiger partial charge >= 0.3 is 0 Å². The number of benzene rings is 1. The van der Waals surface area contributed by atoms with Crippen LogP contribution in [0.2, 0.25) is 5.02 Å². The van der Waals surface area contributed by atoms with Crippen LogP contribution in [0.25, 0.3) is 0 Å². The molecule has 0 aliphatic carbocycles. The average Bonchev–Trinajstić information content (AvgIpc) is 2.26. The van der Waals surface area contributed by atoms with Gasteiger partial charge in [0, 0.05) is 22.7 Å². The highest BCUT2D eigenvalue weighted by Crippen LogP contribution is 2.24. The zero-order chi connectivity index (χ0) is 15.6. The van der Waals surface area contributed by atoms with Gasteiger partial charge in [0.25, 0.3) is 0 Å². The average molecular weight is 323 g/mol. The monoisotopic (exact) mass is 322 g/mol. The van der Waals surface area contributed by atoms with E-state index in [1.54, 1.807) is 20.8 Å². The fraction of sp³-hybridized carbons (Fsp3) is 0.538. The second kappa shape index (κ2) is 6.39. The topological polar surface area (TPSA) is 58.2 Å². The van der Waals surface area contributed by atoms with Crippen LogP contribution >= 0.6 is 11.6 Å². The van der Waals surface area contributed by atoms with E-state index in [0.717, 1.165) is 6.07 Å². The summed E-state index contributed by atoms with van der Waals surface area (Å²) in [4.78, 5) is -0.423. The molecule has 0 saturated heterocycles. The molecule has 7 heteroatoms. The largest absolute Gasteiger partial charge is 0.313 e. The zero-order valence-corrected chi connectivity index (χ0v) is 13.6. The predicted molar refractivity (Wildman–Crippen MR) is 78.9 cm³/mol. The van der Waals surface area contributed by atoms with E-state index in [9.17, 15) is 12.8 Å². The van der Waals surface area contributed by atoms with Gasteiger partial charge < -0.3 is 5.32 Å². The Balaban J connectivity index is 3.28. The minimum absolute atomic E-state index is 0.189. The standard InChI is InChI=1S/C13H20ClFN2O2S/c1-5-16-8-9-6-10(14)7-11(12(9)15)20(18,19)17-13(2,3)4/h6-7,16-17H,5,8H2,1-4H3. The van der Waals surface area contributed by atoms with Gasteiger partial charge in [0.15, 0.2) is 0 Å². The van der Waals surface area contributed by atoms with Crippen molar-refractivity contribution in [1.29, 1.82) is 0 Å². The molecule has 1 rings (SSSR count). The van der Waals surface area contributed by atoms with Gasteiger partial charge in [-0.2, -0.15) is 0 Å². The highest BCUT2D eigenvalue weighted by atomic mass is 35.5. The summed E-state index contributed by atoms with van der Waals surface area (Å²) in [6, 6.07) is 2.55. The van der Waals surface area contributed by atoms with Gasteiger partial charge in [0.05, 0.1) is 0 Å². The van der Waals surface area contributed by atoms with E-state index < -0.39 is 26.3 Å². The quantitative estimate of drug-likeness (QED) is 0.876. The highest BCUT2D eigenvalue weighted by molar-refractivity contribution is 7.89. The van der Waals surface area contributed by atoms with E-state index in [1.165, 1.54) is 6.07 Å². The first kappa shape index (κ1) is 17.4. The third kappa shape index (κ3) is 4.70. The maximum atomic E-state index is 14.3. The Morgan fingerprint density at radius 3 is 2.40 bits per heavy atom. The summed E-state index contributed by atoms with van der Waals surface area (Å²) < 4.78 is 41.2. The van der Waals surface area contributed by atoms with Crippen molar-refractivity contribution in [2.45, 2.75) is 44.7 Å². The van der Waals surface area contributed by atoms with Crippen LogP contribution in [0.5, 0.6) is 0 Å². The third-order valence-corrected chi connectivity index (χ3v) is 4.35.